The first-order chi connectivity index (χ1) is 8.29. The topological polar surface area (TPSA) is 38.8 Å². The van der Waals surface area contributed by atoms with Gasteiger partial charge in [0.15, 0.2) is 0 Å². The summed E-state index contributed by atoms with van der Waals surface area (Å²) in [5.41, 5.74) is 0. The fraction of sp³-hybridized carbons (Fsp3) is 0.417. The number of rotatable bonds is 2. The fourth-order valence-electron chi connectivity index (χ4n) is 1.56. The number of morpholine rings is 1. The Balaban J connectivity index is 1.92. The van der Waals surface area contributed by atoms with Crippen LogP contribution in [0.2, 0.25) is 0 Å². The van der Waals surface area contributed by atoms with Gasteiger partial charge in [-0.1, -0.05) is 0 Å². The molecule has 0 aliphatic carbocycles. The lowest BCUT2D eigenvalue weighted by molar-refractivity contribution is 0.0593. The van der Waals surface area contributed by atoms with Gasteiger partial charge in [0.05, 0.1) is 20.3 Å². The van der Waals surface area contributed by atoms with Crippen molar-refractivity contribution in [2.45, 2.75) is 4.90 Å². The first kappa shape index (κ1) is 12.3. The highest BCUT2D eigenvalue weighted by atomic mass is 32.2. The average Bonchev–Trinajstić information content (AvgIpc) is 2.40. The van der Waals surface area contributed by atoms with Gasteiger partial charge in [-0.2, -0.15) is 0 Å². The molecule has 0 saturated carbocycles. The molecule has 1 aliphatic heterocycles. The molecule has 1 aliphatic rings. The highest BCUT2D eigenvalue weighted by Crippen LogP contribution is 2.24. The molecule has 0 radical (unpaired) electrons. The zero-order valence-electron chi connectivity index (χ0n) is 9.72. The smallest absolute Gasteiger partial charge is 0.286 e. The monoisotopic (exact) mass is 253 g/mol. The van der Waals surface area contributed by atoms with E-state index in [1.807, 2.05) is 29.2 Å². The molecule has 1 amide bonds. The van der Waals surface area contributed by atoms with Crippen molar-refractivity contribution < 1.29 is 14.3 Å². The lowest BCUT2D eigenvalue weighted by Crippen LogP contribution is -2.38. The van der Waals surface area contributed by atoms with Crippen molar-refractivity contribution in [3.63, 3.8) is 0 Å². The minimum Gasteiger partial charge on any atom is -0.497 e. The molecular weight excluding hydrogens is 238 g/mol. The van der Waals surface area contributed by atoms with Crippen molar-refractivity contribution in [1.82, 2.24) is 4.90 Å². The molecule has 1 aromatic carbocycles. The lowest BCUT2D eigenvalue weighted by Gasteiger charge is -2.26. The maximum Gasteiger partial charge on any atom is 0.286 e. The molecule has 2 rings (SSSR count). The Morgan fingerprint density at radius 3 is 2.53 bits per heavy atom. The molecule has 0 bridgehead atoms. The Kier molecular flexibility index (Phi) is 4.28. The van der Waals surface area contributed by atoms with Crippen LogP contribution in [0.1, 0.15) is 0 Å². The van der Waals surface area contributed by atoms with E-state index < -0.39 is 0 Å². The Morgan fingerprint density at radius 2 is 1.94 bits per heavy atom. The third-order valence-corrected chi connectivity index (χ3v) is 3.47. The lowest BCUT2D eigenvalue weighted by atomic mass is 10.3. The number of nitrogens with zero attached hydrogens (tertiary/aromatic N) is 1. The van der Waals surface area contributed by atoms with Gasteiger partial charge in [-0.05, 0) is 36.0 Å². The van der Waals surface area contributed by atoms with Crippen LogP contribution >= 0.6 is 11.8 Å². The van der Waals surface area contributed by atoms with Gasteiger partial charge in [0.25, 0.3) is 5.24 Å². The van der Waals surface area contributed by atoms with E-state index in [0.717, 1.165) is 10.6 Å². The molecular formula is C12H15NO3S. The van der Waals surface area contributed by atoms with E-state index >= 15 is 0 Å². The molecule has 1 saturated heterocycles. The van der Waals surface area contributed by atoms with Gasteiger partial charge < -0.3 is 14.4 Å². The molecule has 4 nitrogen and oxygen atoms in total. The zero-order chi connectivity index (χ0) is 12.1. The van der Waals surface area contributed by atoms with Crippen molar-refractivity contribution in [3.05, 3.63) is 24.3 Å². The van der Waals surface area contributed by atoms with Gasteiger partial charge in [0, 0.05) is 18.0 Å². The predicted octanol–water partition coefficient (Wildman–Crippen LogP) is 2.24. The second-order valence-electron chi connectivity index (χ2n) is 3.64. The second-order valence-corrected chi connectivity index (χ2v) is 4.67. The summed E-state index contributed by atoms with van der Waals surface area (Å²) in [4.78, 5) is 14.7. The third-order valence-electron chi connectivity index (χ3n) is 2.53. The summed E-state index contributed by atoms with van der Waals surface area (Å²) in [5, 5.41) is 0.0819. The molecule has 0 unspecified atom stereocenters. The van der Waals surface area contributed by atoms with Gasteiger partial charge >= 0.3 is 0 Å². The van der Waals surface area contributed by atoms with E-state index in [1.54, 1.807) is 7.11 Å². The molecule has 92 valence electrons. The van der Waals surface area contributed by atoms with E-state index in [1.165, 1.54) is 11.8 Å². The molecule has 0 N–H and O–H groups in total. The summed E-state index contributed by atoms with van der Waals surface area (Å²) in [7, 11) is 1.63. The molecule has 0 atom stereocenters. The van der Waals surface area contributed by atoms with Gasteiger partial charge in [0.1, 0.15) is 5.75 Å². The van der Waals surface area contributed by atoms with Crippen molar-refractivity contribution in [1.29, 1.82) is 0 Å². The van der Waals surface area contributed by atoms with Crippen molar-refractivity contribution in [2.24, 2.45) is 0 Å². The quantitative estimate of drug-likeness (QED) is 0.758. The Bertz CT molecular complexity index is 374. The SMILES string of the molecule is COc1ccc(SC(=O)N2CCOCC2)cc1. The van der Waals surface area contributed by atoms with Crippen LogP contribution in [0.3, 0.4) is 0 Å². The standard InChI is InChI=1S/C12H15NO3S/c1-15-10-2-4-11(5-3-10)17-12(14)13-6-8-16-9-7-13/h2-5H,6-9H2,1H3. The molecule has 0 aromatic heterocycles. The minimum atomic E-state index is 0.0819. The fourth-order valence-corrected chi connectivity index (χ4v) is 2.34. The summed E-state index contributed by atoms with van der Waals surface area (Å²) in [6.45, 7) is 2.63. The summed E-state index contributed by atoms with van der Waals surface area (Å²) in [6, 6.07) is 7.49. The highest BCUT2D eigenvalue weighted by Gasteiger charge is 2.17. The number of carbonyl (C=O) groups is 1. The Hall–Kier alpha value is -1.20. The molecule has 1 aromatic rings. The van der Waals surface area contributed by atoms with Crippen LogP contribution < -0.4 is 4.74 Å². The maximum atomic E-state index is 11.9. The molecule has 5 heteroatoms. The number of carbonyl (C=O) groups excluding carboxylic acids is 1. The molecule has 17 heavy (non-hydrogen) atoms. The van der Waals surface area contributed by atoms with Crippen LogP contribution in [0.5, 0.6) is 5.75 Å². The van der Waals surface area contributed by atoms with Crippen molar-refractivity contribution >= 4 is 17.0 Å². The summed E-state index contributed by atoms with van der Waals surface area (Å²) in [6.07, 6.45) is 0. The molecule has 1 fully saturated rings. The highest BCUT2D eigenvalue weighted by molar-refractivity contribution is 8.13. The van der Waals surface area contributed by atoms with Crippen LogP contribution in [0.4, 0.5) is 4.79 Å². The normalized spacial score (nSPS) is 15.7. The van der Waals surface area contributed by atoms with Crippen LogP contribution in [-0.2, 0) is 4.74 Å². The number of amides is 1. The third kappa shape index (κ3) is 3.38. The van der Waals surface area contributed by atoms with E-state index in [9.17, 15) is 4.79 Å². The van der Waals surface area contributed by atoms with Gasteiger partial charge in [-0.15, -0.1) is 0 Å². The first-order valence-electron chi connectivity index (χ1n) is 5.48. The van der Waals surface area contributed by atoms with E-state index in [0.29, 0.717) is 26.3 Å². The number of hydrogen-bond acceptors (Lipinski definition) is 4. The van der Waals surface area contributed by atoms with Crippen LogP contribution in [-0.4, -0.2) is 43.6 Å². The number of ether oxygens (including phenoxy) is 2. The molecule has 0 spiro atoms. The maximum absolute atomic E-state index is 11.9. The van der Waals surface area contributed by atoms with Gasteiger partial charge in [-0.3, -0.25) is 4.79 Å². The Morgan fingerprint density at radius 1 is 1.29 bits per heavy atom. The number of hydrogen-bond donors (Lipinski definition) is 0. The van der Waals surface area contributed by atoms with Crippen LogP contribution in [0, 0.1) is 0 Å². The summed E-state index contributed by atoms with van der Waals surface area (Å²) in [5.74, 6) is 0.799. The largest absolute Gasteiger partial charge is 0.497 e. The van der Waals surface area contributed by atoms with E-state index in [-0.39, 0.29) is 5.24 Å². The van der Waals surface area contributed by atoms with Gasteiger partial charge in [0.2, 0.25) is 0 Å². The Labute approximate surface area is 105 Å². The van der Waals surface area contributed by atoms with Crippen LogP contribution in [0.25, 0.3) is 0 Å². The average molecular weight is 253 g/mol. The first-order valence-corrected chi connectivity index (χ1v) is 6.30. The number of methoxy groups -OCH3 is 1. The second kappa shape index (κ2) is 5.93. The van der Waals surface area contributed by atoms with Crippen molar-refractivity contribution in [2.75, 3.05) is 33.4 Å². The summed E-state index contributed by atoms with van der Waals surface area (Å²) >= 11 is 1.25. The molecule has 1 heterocycles. The number of benzene rings is 1. The van der Waals surface area contributed by atoms with Crippen molar-refractivity contribution in [3.8, 4) is 5.75 Å². The minimum absolute atomic E-state index is 0.0819. The van der Waals surface area contributed by atoms with Crippen LogP contribution in [0.15, 0.2) is 29.2 Å². The van der Waals surface area contributed by atoms with Gasteiger partial charge in [-0.25, -0.2) is 0 Å². The van der Waals surface area contributed by atoms with E-state index in [2.05, 4.69) is 0 Å². The number of thioether (sulfide) groups is 1. The summed E-state index contributed by atoms with van der Waals surface area (Å²) < 4.78 is 10.3. The van der Waals surface area contributed by atoms with E-state index in [4.69, 9.17) is 9.47 Å². The predicted molar refractivity (Wildman–Crippen MR) is 66.6 cm³/mol. The zero-order valence-corrected chi connectivity index (χ0v) is 10.5.